The fraction of sp³-hybridized carbons (Fsp3) is 0.583. The molecular formula is C12H20BN3O2. The summed E-state index contributed by atoms with van der Waals surface area (Å²) in [5, 5.41) is 0. The highest BCUT2D eigenvalue weighted by atomic mass is 16.7. The average Bonchev–Trinajstić information content (AvgIpc) is 2.47. The van der Waals surface area contributed by atoms with Crippen molar-refractivity contribution in [2.45, 2.75) is 45.4 Å². The van der Waals surface area contributed by atoms with Gasteiger partial charge in [-0.25, -0.2) is 0 Å². The van der Waals surface area contributed by atoms with Crippen LogP contribution in [-0.2, 0) is 15.9 Å². The van der Waals surface area contributed by atoms with Crippen LogP contribution in [-0.4, -0.2) is 23.3 Å². The fourth-order valence-electron chi connectivity index (χ4n) is 1.90. The van der Waals surface area contributed by atoms with Crippen LogP contribution in [0.1, 0.15) is 33.3 Å². The summed E-state index contributed by atoms with van der Waals surface area (Å²) in [5.41, 5.74) is 12.9. The molecule has 0 radical (unpaired) electrons. The van der Waals surface area contributed by atoms with Gasteiger partial charge in [0.15, 0.2) is 0 Å². The van der Waals surface area contributed by atoms with Gasteiger partial charge < -0.3 is 20.8 Å². The Hall–Kier alpha value is -1.11. The molecule has 0 bridgehead atoms. The maximum absolute atomic E-state index is 5.95. The van der Waals surface area contributed by atoms with Crippen molar-refractivity contribution in [3.05, 3.63) is 17.8 Å². The van der Waals surface area contributed by atoms with Crippen LogP contribution in [0.15, 0.2) is 12.3 Å². The summed E-state index contributed by atoms with van der Waals surface area (Å²) in [4.78, 5) is 4.31. The SMILES string of the molecule is CC1(C)OB(c2nccc(N)c2CN)OC1(C)C. The molecule has 4 N–H and O–H groups in total. The molecule has 0 aromatic carbocycles. The van der Waals surface area contributed by atoms with Gasteiger partial charge in [0.25, 0.3) is 0 Å². The number of nitrogens with zero attached hydrogens (tertiary/aromatic N) is 1. The van der Waals surface area contributed by atoms with Gasteiger partial charge in [0.05, 0.1) is 16.8 Å². The molecule has 2 rings (SSSR count). The van der Waals surface area contributed by atoms with Gasteiger partial charge in [-0.05, 0) is 33.8 Å². The molecule has 0 atom stereocenters. The Kier molecular flexibility index (Phi) is 3.13. The van der Waals surface area contributed by atoms with E-state index in [2.05, 4.69) is 4.98 Å². The first-order valence-electron chi connectivity index (χ1n) is 6.07. The molecule has 2 heterocycles. The van der Waals surface area contributed by atoms with Crippen molar-refractivity contribution in [1.82, 2.24) is 4.98 Å². The molecule has 0 unspecified atom stereocenters. The zero-order valence-corrected chi connectivity index (χ0v) is 11.4. The number of pyridine rings is 1. The lowest BCUT2D eigenvalue weighted by Gasteiger charge is -2.32. The molecule has 1 aromatic rings. The molecule has 1 saturated heterocycles. The first-order chi connectivity index (χ1) is 8.28. The zero-order valence-electron chi connectivity index (χ0n) is 11.4. The van der Waals surface area contributed by atoms with E-state index in [0.29, 0.717) is 17.8 Å². The molecule has 5 nitrogen and oxygen atoms in total. The van der Waals surface area contributed by atoms with Crippen LogP contribution < -0.4 is 17.1 Å². The largest absolute Gasteiger partial charge is 0.514 e. The van der Waals surface area contributed by atoms with E-state index in [4.69, 9.17) is 20.8 Å². The summed E-state index contributed by atoms with van der Waals surface area (Å²) < 4.78 is 11.9. The molecule has 0 spiro atoms. The Labute approximate surface area is 108 Å². The molecule has 98 valence electrons. The predicted molar refractivity (Wildman–Crippen MR) is 72.3 cm³/mol. The van der Waals surface area contributed by atoms with Crippen molar-refractivity contribution in [3.8, 4) is 0 Å². The molecule has 1 aliphatic heterocycles. The van der Waals surface area contributed by atoms with Crippen molar-refractivity contribution in [2.24, 2.45) is 5.73 Å². The lowest BCUT2D eigenvalue weighted by molar-refractivity contribution is 0.00578. The molecular weight excluding hydrogens is 229 g/mol. The molecule has 1 aromatic heterocycles. The van der Waals surface area contributed by atoms with E-state index >= 15 is 0 Å². The van der Waals surface area contributed by atoms with Gasteiger partial charge in [-0.3, -0.25) is 4.98 Å². The first-order valence-corrected chi connectivity index (χ1v) is 6.07. The minimum Gasteiger partial charge on any atom is -0.398 e. The lowest BCUT2D eigenvalue weighted by Crippen LogP contribution is -2.41. The Morgan fingerprint density at radius 1 is 1.22 bits per heavy atom. The maximum Gasteiger partial charge on any atom is 0.514 e. The third-order valence-corrected chi connectivity index (χ3v) is 3.81. The summed E-state index contributed by atoms with van der Waals surface area (Å²) >= 11 is 0. The van der Waals surface area contributed by atoms with Crippen molar-refractivity contribution < 1.29 is 9.31 Å². The van der Waals surface area contributed by atoms with Gasteiger partial charge in [0, 0.05) is 24.0 Å². The van der Waals surface area contributed by atoms with Crippen molar-refractivity contribution >= 4 is 18.4 Å². The lowest BCUT2D eigenvalue weighted by atomic mass is 9.80. The Bertz CT molecular complexity index is 447. The van der Waals surface area contributed by atoms with E-state index in [-0.39, 0.29) is 0 Å². The van der Waals surface area contributed by atoms with Gasteiger partial charge in [-0.1, -0.05) is 0 Å². The smallest absolute Gasteiger partial charge is 0.398 e. The fourth-order valence-corrected chi connectivity index (χ4v) is 1.90. The Morgan fingerprint density at radius 2 is 1.78 bits per heavy atom. The maximum atomic E-state index is 5.95. The number of nitrogen functional groups attached to an aromatic ring is 1. The van der Waals surface area contributed by atoms with E-state index in [1.165, 1.54) is 0 Å². The molecule has 1 fully saturated rings. The van der Waals surface area contributed by atoms with Gasteiger partial charge in [-0.2, -0.15) is 0 Å². The number of hydrogen-bond acceptors (Lipinski definition) is 5. The normalized spacial score (nSPS) is 21.3. The standard InChI is InChI=1S/C12H20BN3O2/c1-11(2)12(3,4)18-13(17-11)10-8(7-14)9(15)5-6-16-10/h5-6H,7,14H2,1-4H3,(H2,15,16). The highest BCUT2D eigenvalue weighted by Crippen LogP contribution is 2.36. The quantitative estimate of drug-likeness (QED) is 0.742. The second kappa shape index (κ2) is 4.22. The third-order valence-electron chi connectivity index (χ3n) is 3.81. The van der Waals surface area contributed by atoms with Crippen LogP contribution in [0, 0.1) is 0 Å². The second-order valence-corrected chi connectivity index (χ2v) is 5.56. The topological polar surface area (TPSA) is 83.4 Å². The van der Waals surface area contributed by atoms with Crippen LogP contribution in [0.2, 0.25) is 0 Å². The van der Waals surface area contributed by atoms with E-state index in [0.717, 1.165) is 5.56 Å². The molecule has 0 aliphatic carbocycles. The average molecular weight is 249 g/mol. The minimum atomic E-state index is -0.517. The number of hydrogen-bond donors (Lipinski definition) is 2. The van der Waals surface area contributed by atoms with Gasteiger partial charge >= 0.3 is 7.12 Å². The number of rotatable bonds is 2. The van der Waals surface area contributed by atoms with Crippen LogP contribution >= 0.6 is 0 Å². The highest BCUT2D eigenvalue weighted by Gasteiger charge is 2.52. The van der Waals surface area contributed by atoms with Crippen molar-refractivity contribution in [3.63, 3.8) is 0 Å². The van der Waals surface area contributed by atoms with E-state index in [9.17, 15) is 0 Å². The Morgan fingerprint density at radius 3 is 2.28 bits per heavy atom. The van der Waals surface area contributed by atoms with E-state index in [1.807, 2.05) is 27.7 Å². The van der Waals surface area contributed by atoms with Crippen LogP contribution in [0.3, 0.4) is 0 Å². The van der Waals surface area contributed by atoms with Gasteiger partial charge in [-0.15, -0.1) is 0 Å². The van der Waals surface area contributed by atoms with Crippen LogP contribution in [0.25, 0.3) is 0 Å². The molecule has 1 aliphatic rings. The van der Waals surface area contributed by atoms with Crippen LogP contribution in [0.5, 0.6) is 0 Å². The molecule has 0 amide bonds. The van der Waals surface area contributed by atoms with Gasteiger partial charge in [0.1, 0.15) is 0 Å². The van der Waals surface area contributed by atoms with E-state index < -0.39 is 18.3 Å². The summed E-state index contributed by atoms with van der Waals surface area (Å²) in [6.07, 6.45) is 1.65. The summed E-state index contributed by atoms with van der Waals surface area (Å²) in [7, 11) is -0.517. The highest BCUT2D eigenvalue weighted by molar-refractivity contribution is 6.61. The molecule has 18 heavy (non-hydrogen) atoms. The number of aromatic nitrogens is 1. The van der Waals surface area contributed by atoms with Crippen molar-refractivity contribution in [2.75, 3.05) is 5.73 Å². The first kappa shape index (κ1) is 13.3. The predicted octanol–water partition coefficient (Wildman–Crippen LogP) is 0.422. The third kappa shape index (κ3) is 2.00. The number of nitrogens with two attached hydrogens (primary N) is 2. The molecule has 6 heteroatoms. The van der Waals surface area contributed by atoms with Crippen LogP contribution in [0.4, 0.5) is 5.69 Å². The summed E-state index contributed by atoms with van der Waals surface area (Å²) in [5.74, 6) is 0. The monoisotopic (exact) mass is 249 g/mol. The molecule has 0 saturated carbocycles. The van der Waals surface area contributed by atoms with Crippen molar-refractivity contribution in [1.29, 1.82) is 0 Å². The Balaban J connectivity index is 2.38. The minimum absolute atomic E-state index is 0.319. The number of anilines is 1. The zero-order chi connectivity index (χ0) is 13.6. The summed E-state index contributed by atoms with van der Waals surface area (Å²) in [6, 6.07) is 1.73. The second-order valence-electron chi connectivity index (χ2n) is 5.56. The summed E-state index contributed by atoms with van der Waals surface area (Å²) in [6.45, 7) is 8.32. The van der Waals surface area contributed by atoms with E-state index in [1.54, 1.807) is 12.3 Å². The van der Waals surface area contributed by atoms with Gasteiger partial charge in [0.2, 0.25) is 0 Å².